The third-order valence-electron chi connectivity index (χ3n) is 2.14. The molecule has 1 aliphatic rings. The van der Waals surface area contributed by atoms with E-state index in [1.165, 1.54) is 24.4 Å². The van der Waals surface area contributed by atoms with Gasteiger partial charge in [0, 0.05) is 5.92 Å². The van der Waals surface area contributed by atoms with Gasteiger partial charge in [0.25, 0.3) is 0 Å². The summed E-state index contributed by atoms with van der Waals surface area (Å²) < 4.78 is 4.04. The van der Waals surface area contributed by atoms with Crippen molar-refractivity contribution in [3.05, 3.63) is 17.2 Å². The molecule has 0 saturated heterocycles. The molecular weight excluding hydrogens is 206 g/mol. The van der Waals surface area contributed by atoms with Crippen molar-refractivity contribution in [3.63, 3.8) is 0 Å². The highest BCUT2D eigenvalue weighted by Crippen LogP contribution is 2.39. The van der Waals surface area contributed by atoms with E-state index >= 15 is 0 Å². The molecule has 3 rings (SSSR count). The Kier molecular flexibility index (Phi) is 1.54. The van der Waals surface area contributed by atoms with Gasteiger partial charge in [-0.15, -0.1) is 0 Å². The summed E-state index contributed by atoms with van der Waals surface area (Å²) in [5.74, 6) is 1.44. The van der Waals surface area contributed by atoms with Crippen molar-refractivity contribution in [1.29, 1.82) is 0 Å². The van der Waals surface area contributed by atoms with Crippen LogP contribution in [-0.2, 0) is 0 Å². The predicted octanol–water partition coefficient (Wildman–Crippen LogP) is 2.62. The van der Waals surface area contributed by atoms with Crippen molar-refractivity contribution >= 4 is 33.4 Å². The van der Waals surface area contributed by atoms with Crippen molar-refractivity contribution in [2.45, 2.75) is 18.8 Å². The van der Waals surface area contributed by atoms with Crippen LogP contribution in [0.2, 0.25) is 5.15 Å². The monoisotopic (exact) mass is 211 g/mol. The number of halogens is 1. The number of hydrogen-bond acceptors (Lipinski definition) is 4. The number of hydrogen-bond donors (Lipinski definition) is 0. The number of nitrogens with zero attached hydrogens (tertiary/aromatic N) is 3. The first-order chi connectivity index (χ1) is 6.34. The average molecular weight is 212 g/mol. The fraction of sp³-hybridized carbons (Fsp3) is 0.375. The minimum Gasteiger partial charge on any atom is -0.220 e. The maximum Gasteiger partial charge on any atom is 0.148 e. The lowest BCUT2D eigenvalue weighted by molar-refractivity contribution is 0.951. The van der Waals surface area contributed by atoms with Crippen molar-refractivity contribution in [3.8, 4) is 0 Å². The molecule has 0 N–H and O–H groups in total. The third kappa shape index (κ3) is 1.21. The minimum absolute atomic E-state index is 0.542. The van der Waals surface area contributed by atoms with Crippen molar-refractivity contribution in [2.24, 2.45) is 0 Å². The molecule has 1 fully saturated rings. The Bertz CT molecular complexity index is 463. The molecule has 1 aliphatic carbocycles. The van der Waals surface area contributed by atoms with Crippen LogP contribution in [0.15, 0.2) is 6.20 Å². The van der Waals surface area contributed by atoms with E-state index in [1.54, 1.807) is 6.20 Å². The van der Waals surface area contributed by atoms with Gasteiger partial charge in [0.05, 0.1) is 11.6 Å². The van der Waals surface area contributed by atoms with Gasteiger partial charge in [-0.25, -0.2) is 9.97 Å². The van der Waals surface area contributed by atoms with Gasteiger partial charge in [-0.05, 0) is 24.4 Å². The van der Waals surface area contributed by atoms with Crippen LogP contribution in [0.3, 0.4) is 0 Å². The SMILES string of the molecule is Clc1nc(C2CC2)nc2sncc12. The van der Waals surface area contributed by atoms with E-state index in [2.05, 4.69) is 14.3 Å². The largest absolute Gasteiger partial charge is 0.220 e. The molecule has 2 heterocycles. The van der Waals surface area contributed by atoms with Gasteiger partial charge in [0.1, 0.15) is 15.8 Å². The van der Waals surface area contributed by atoms with E-state index in [0.29, 0.717) is 11.1 Å². The first-order valence-electron chi connectivity index (χ1n) is 4.12. The van der Waals surface area contributed by atoms with Gasteiger partial charge in [-0.1, -0.05) is 11.6 Å². The van der Waals surface area contributed by atoms with Crippen molar-refractivity contribution in [1.82, 2.24) is 14.3 Å². The van der Waals surface area contributed by atoms with Gasteiger partial charge in [0.15, 0.2) is 0 Å². The fourth-order valence-corrected chi connectivity index (χ4v) is 2.19. The highest BCUT2D eigenvalue weighted by atomic mass is 35.5. The van der Waals surface area contributed by atoms with E-state index < -0.39 is 0 Å². The Morgan fingerprint density at radius 1 is 1.38 bits per heavy atom. The Balaban J connectivity index is 2.27. The highest BCUT2D eigenvalue weighted by molar-refractivity contribution is 7.12. The van der Waals surface area contributed by atoms with Crippen LogP contribution in [-0.4, -0.2) is 14.3 Å². The zero-order valence-electron chi connectivity index (χ0n) is 6.70. The van der Waals surface area contributed by atoms with Crippen molar-refractivity contribution in [2.75, 3.05) is 0 Å². The lowest BCUT2D eigenvalue weighted by Gasteiger charge is -1.97. The summed E-state index contributed by atoms with van der Waals surface area (Å²) in [5, 5.41) is 1.41. The molecule has 13 heavy (non-hydrogen) atoms. The standard InChI is InChI=1S/C8H6ClN3S/c9-6-5-3-10-13-8(5)12-7(11-6)4-1-2-4/h3-4H,1-2H2. The molecule has 0 aliphatic heterocycles. The number of aromatic nitrogens is 3. The molecule has 0 spiro atoms. The summed E-state index contributed by atoms with van der Waals surface area (Å²) in [6.45, 7) is 0. The molecule has 0 amide bonds. The van der Waals surface area contributed by atoms with E-state index in [-0.39, 0.29) is 0 Å². The fourth-order valence-electron chi connectivity index (χ4n) is 1.27. The van der Waals surface area contributed by atoms with E-state index in [9.17, 15) is 0 Å². The first-order valence-corrected chi connectivity index (χ1v) is 5.27. The molecule has 2 aromatic rings. The molecule has 1 saturated carbocycles. The second kappa shape index (κ2) is 2.62. The van der Waals surface area contributed by atoms with E-state index in [1.807, 2.05) is 0 Å². The Hall–Kier alpha value is -0.740. The quantitative estimate of drug-likeness (QED) is 0.681. The smallest absolute Gasteiger partial charge is 0.148 e. The zero-order valence-corrected chi connectivity index (χ0v) is 8.27. The average Bonchev–Trinajstić information content (AvgIpc) is 2.85. The van der Waals surface area contributed by atoms with Crippen molar-refractivity contribution < 1.29 is 0 Å². The molecule has 3 nitrogen and oxygen atoms in total. The van der Waals surface area contributed by atoms with E-state index in [4.69, 9.17) is 11.6 Å². The van der Waals surface area contributed by atoms with Gasteiger partial charge in [-0.3, -0.25) is 0 Å². The summed E-state index contributed by atoms with van der Waals surface area (Å²) in [7, 11) is 0. The van der Waals surface area contributed by atoms with Gasteiger partial charge >= 0.3 is 0 Å². The number of fused-ring (bicyclic) bond motifs is 1. The second-order valence-electron chi connectivity index (χ2n) is 3.19. The molecular formula is C8H6ClN3S. The zero-order chi connectivity index (χ0) is 8.84. The molecule has 0 unspecified atom stereocenters. The highest BCUT2D eigenvalue weighted by Gasteiger charge is 2.27. The maximum atomic E-state index is 5.99. The lowest BCUT2D eigenvalue weighted by atomic mass is 10.4. The summed E-state index contributed by atoms with van der Waals surface area (Å²) in [6, 6.07) is 0. The second-order valence-corrected chi connectivity index (χ2v) is 4.33. The van der Waals surface area contributed by atoms with Crippen LogP contribution in [0, 0.1) is 0 Å². The normalized spacial score (nSPS) is 16.7. The minimum atomic E-state index is 0.542. The summed E-state index contributed by atoms with van der Waals surface area (Å²) in [4.78, 5) is 9.58. The van der Waals surface area contributed by atoms with Crippen LogP contribution >= 0.6 is 23.1 Å². The number of rotatable bonds is 1. The predicted molar refractivity (Wildman–Crippen MR) is 52.2 cm³/mol. The molecule has 66 valence electrons. The van der Waals surface area contributed by atoms with Crippen LogP contribution < -0.4 is 0 Å². The Morgan fingerprint density at radius 3 is 3.00 bits per heavy atom. The van der Waals surface area contributed by atoms with Gasteiger partial charge in [0.2, 0.25) is 0 Å². The third-order valence-corrected chi connectivity index (χ3v) is 3.13. The summed E-state index contributed by atoms with van der Waals surface area (Å²) in [6.07, 6.45) is 4.11. The molecule has 2 aromatic heterocycles. The Labute approximate surface area is 83.9 Å². The van der Waals surface area contributed by atoms with Gasteiger partial charge < -0.3 is 0 Å². The molecule has 0 aromatic carbocycles. The van der Waals surface area contributed by atoms with Crippen LogP contribution in [0.5, 0.6) is 0 Å². The molecule has 0 radical (unpaired) electrons. The Morgan fingerprint density at radius 2 is 2.23 bits per heavy atom. The topological polar surface area (TPSA) is 38.7 Å². The van der Waals surface area contributed by atoms with Crippen LogP contribution in [0.1, 0.15) is 24.6 Å². The van der Waals surface area contributed by atoms with Gasteiger partial charge in [-0.2, -0.15) is 4.37 Å². The first kappa shape index (κ1) is 7.64. The molecule has 0 atom stereocenters. The van der Waals surface area contributed by atoms with Crippen LogP contribution in [0.4, 0.5) is 0 Å². The van der Waals surface area contributed by atoms with E-state index in [0.717, 1.165) is 16.0 Å². The molecule has 0 bridgehead atoms. The maximum absolute atomic E-state index is 5.99. The molecule has 5 heteroatoms. The van der Waals surface area contributed by atoms with Crippen LogP contribution in [0.25, 0.3) is 10.2 Å². The lowest BCUT2D eigenvalue weighted by Crippen LogP contribution is -1.91. The summed E-state index contributed by atoms with van der Waals surface area (Å²) >= 11 is 7.37. The summed E-state index contributed by atoms with van der Waals surface area (Å²) in [5.41, 5.74) is 0.